The second kappa shape index (κ2) is 5.10. The number of aromatic amines is 1. The number of aromatic carboxylic acids is 1. The Morgan fingerprint density at radius 3 is 2.70 bits per heavy atom. The summed E-state index contributed by atoms with van der Waals surface area (Å²) < 4.78 is 1.14. The van der Waals surface area contributed by atoms with Gasteiger partial charge < -0.3 is 10.1 Å². The van der Waals surface area contributed by atoms with Crippen LogP contribution >= 0.6 is 0 Å². The normalized spacial score (nSPS) is 10.7. The zero-order chi connectivity index (χ0) is 16.7. The number of nitrogens with zero attached hydrogens (tertiary/aromatic N) is 3. The molecule has 2 N–H and O–H groups in total. The second-order valence-electron chi connectivity index (χ2n) is 5.23. The average molecular weight is 308 g/mol. The number of hydrogen-bond acceptors (Lipinski definition) is 4. The van der Waals surface area contributed by atoms with E-state index in [9.17, 15) is 9.59 Å². The van der Waals surface area contributed by atoms with E-state index in [2.05, 4.69) is 10.1 Å². The summed E-state index contributed by atoms with van der Waals surface area (Å²) in [5.41, 5.74) is 2.15. The van der Waals surface area contributed by atoms with Gasteiger partial charge in [-0.3, -0.25) is 4.79 Å². The average Bonchev–Trinajstić information content (AvgIpc) is 2.89. The Balaban J connectivity index is 2.30. The van der Waals surface area contributed by atoms with Crippen molar-refractivity contribution in [2.45, 2.75) is 13.8 Å². The predicted octanol–water partition coefficient (Wildman–Crippen LogP) is 1.88. The standard InChI is InChI=1S/C16H12N4O3/c1-8-3-4-10(5-9(8)2)12-7-20-14(15(21)18-12)11(6-17)13(19-20)16(22)23/h3-5,7H,1-2H3,(H,18,21)(H,22,23). The predicted molar refractivity (Wildman–Crippen MR) is 82.4 cm³/mol. The van der Waals surface area contributed by atoms with Gasteiger partial charge in [0, 0.05) is 0 Å². The molecule has 0 aliphatic heterocycles. The van der Waals surface area contributed by atoms with Gasteiger partial charge >= 0.3 is 5.97 Å². The summed E-state index contributed by atoms with van der Waals surface area (Å²) in [6.45, 7) is 3.94. The van der Waals surface area contributed by atoms with Crippen molar-refractivity contribution in [2.75, 3.05) is 0 Å². The molecule has 7 nitrogen and oxygen atoms in total. The molecule has 7 heteroatoms. The Labute approximate surface area is 130 Å². The fourth-order valence-corrected chi connectivity index (χ4v) is 2.39. The van der Waals surface area contributed by atoms with Crippen LogP contribution in [0.2, 0.25) is 0 Å². The molecule has 0 bridgehead atoms. The molecule has 2 heterocycles. The third kappa shape index (κ3) is 2.26. The van der Waals surface area contributed by atoms with Crippen LogP contribution in [0, 0.1) is 25.2 Å². The maximum Gasteiger partial charge on any atom is 0.357 e. The van der Waals surface area contributed by atoms with Crippen LogP contribution in [0.15, 0.2) is 29.2 Å². The van der Waals surface area contributed by atoms with E-state index in [4.69, 9.17) is 10.4 Å². The first kappa shape index (κ1) is 14.5. The molecule has 3 aromatic rings. The van der Waals surface area contributed by atoms with Gasteiger partial charge in [0.2, 0.25) is 0 Å². The Kier molecular flexibility index (Phi) is 3.22. The van der Waals surface area contributed by atoms with Crippen molar-refractivity contribution in [1.29, 1.82) is 5.26 Å². The van der Waals surface area contributed by atoms with Gasteiger partial charge in [-0.25, -0.2) is 9.31 Å². The summed E-state index contributed by atoms with van der Waals surface area (Å²) in [4.78, 5) is 26.1. The molecule has 0 saturated carbocycles. The fraction of sp³-hybridized carbons (Fsp3) is 0.125. The molecule has 0 amide bonds. The van der Waals surface area contributed by atoms with Gasteiger partial charge in [-0.15, -0.1) is 0 Å². The minimum absolute atomic E-state index is 0.0718. The third-order valence-corrected chi connectivity index (χ3v) is 3.76. The Hall–Kier alpha value is -3.40. The quantitative estimate of drug-likeness (QED) is 0.750. The highest BCUT2D eigenvalue weighted by molar-refractivity contribution is 5.91. The lowest BCUT2D eigenvalue weighted by Gasteiger charge is -2.06. The number of benzene rings is 1. The molecular formula is C16H12N4O3. The zero-order valence-corrected chi connectivity index (χ0v) is 12.4. The number of carboxylic acid groups (broad SMARTS) is 1. The molecule has 23 heavy (non-hydrogen) atoms. The van der Waals surface area contributed by atoms with Crippen LogP contribution in [0.5, 0.6) is 0 Å². The lowest BCUT2D eigenvalue weighted by atomic mass is 10.0. The van der Waals surface area contributed by atoms with E-state index in [1.54, 1.807) is 6.07 Å². The number of nitriles is 1. The summed E-state index contributed by atoms with van der Waals surface area (Å²) in [5.74, 6) is -1.35. The van der Waals surface area contributed by atoms with Crippen molar-refractivity contribution >= 4 is 11.5 Å². The van der Waals surface area contributed by atoms with Gasteiger partial charge in [-0.1, -0.05) is 12.1 Å². The van der Waals surface area contributed by atoms with Crippen molar-refractivity contribution in [3.8, 4) is 17.3 Å². The molecule has 2 aromatic heterocycles. The van der Waals surface area contributed by atoms with Crippen molar-refractivity contribution in [1.82, 2.24) is 14.6 Å². The molecular weight excluding hydrogens is 296 g/mol. The van der Waals surface area contributed by atoms with Crippen molar-refractivity contribution in [3.63, 3.8) is 0 Å². The van der Waals surface area contributed by atoms with E-state index in [-0.39, 0.29) is 11.1 Å². The topological polar surface area (TPSA) is 111 Å². The van der Waals surface area contributed by atoms with Crippen LogP contribution in [0.3, 0.4) is 0 Å². The summed E-state index contributed by atoms with van der Waals surface area (Å²) in [5, 5.41) is 22.1. The van der Waals surface area contributed by atoms with E-state index >= 15 is 0 Å². The minimum atomic E-state index is -1.35. The maximum absolute atomic E-state index is 12.3. The number of aryl methyl sites for hydroxylation is 2. The van der Waals surface area contributed by atoms with Gasteiger partial charge in [0.15, 0.2) is 5.69 Å². The van der Waals surface area contributed by atoms with Crippen LogP contribution in [-0.2, 0) is 0 Å². The molecule has 0 aliphatic rings. The van der Waals surface area contributed by atoms with E-state index in [0.717, 1.165) is 21.2 Å². The molecule has 114 valence electrons. The lowest BCUT2D eigenvalue weighted by Crippen LogP contribution is -2.12. The van der Waals surface area contributed by atoms with Gasteiger partial charge in [-0.05, 0) is 36.6 Å². The fourth-order valence-electron chi connectivity index (χ4n) is 2.39. The molecule has 0 unspecified atom stereocenters. The molecule has 0 radical (unpaired) electrons. The minimum Gasteiger partial charge on any atom is -0.476 e. The number of aromatic nitrogens is 3. The summed E-state index contributed by atoms with van der Waals surface area (Å²) >= 11 is 0. The largest absolute Gasteiger partial charge is 0.476 e. The monoisotopic (exact) mass is 308 g/mol. The van der Waals surface area contributed by atoms with Gasteiger partial charge in [0.25, 0.3) is 5.56 Å². The Morgan fingerprint density at radius 1 is 1.35 bits per heavy atom. The number of nitrogens with one attached hydrogen (secondary N) is 1. The first-order chi connectivity index (χ1) is 10.9. The lowest BCUT2D eigenvalue weighted by molar-refractivity contribution is 0.0690. The number of hydrogen-bond donors (Lipinski definition) is 2. The second-order valence-corrected chi connectivity index (χ2v) is 5.23. The Bertz CT molecular complexity index is 1050. The van der Waals surface area contributed by atoms with E-state index < -0.39 is 17.2 Å². The SMILES string of the molecule is Cc1ccc(-c2cn3nc(C(=O)O)c(C#N)c3c(=O)[nH]2)cc1C. The molecule has 0 atom stereocenters. The van der Waals surface area contributed by atoms with E-state index in [0.29, 0.717) is 5.69 Å². The molecule has 1 aromatic carbocycles. The Morgan fingerprint density at radius 2 is 2.09 bits per heavy atom. The van der Waals surface area contributed by atoms with Crippen LogP contribution in [0.1, 0.15) is 27.2 Å². The first-order valence-electron chi connectivity index (χ1n) is 6.79. The van der Waals surface area contributed by atoms with E-state index in [1.165, 1.54) is 6.20 Å². The van der Waals surface area contributed by atoms with Crippen molar-refractivity contribution < 1.29 is 9.90 Å². The highest BCUT2D eigenvalue weighted by atomic mass is 16.4. The molecule has 0 aliphatic carbocycles. The van der Waals surface area contributed by atoms with Crippen LogP contribution in [0.4, 0.5) is 0 Å². The number of fused-ring (bicyclic) bond motifs is 1. The number of H-pyrrole nitrogens is 1. The first-order valence-corrected chi connectivity index (χ1v) is 6.79. The molecule has 0 fully saturated rings. The van der Waals surface area contributed by atoms with Gasteiger partial charge in [0.1, 0.15) is 17.1 Å². The van der Waals surface area contributed by atoms with Crippen molar-refractivity contribution in [3.05, 3.63) is 57.1 Å². The van der Waals surface area contributed by atoms with Crippen molar-refractivity contribution in [2.24, 2.45) is 0 Å². The molecule has 3 rings (SSSR count). The third-order valence-electron chi connectivity index (χ3n) is 3.76. The summed E-state index contributed by atoms with van der Waals surface area (Å²) in [6.07, 6.45) is 1.51. The maximum atomic E-state index is 12.3. The summed E-state index contributed by atoms with van der Waals surface area (Å²) in [7, 11) is 0. The summed E-state index contributed by atoms with van der Waals surface area (Å²) in [6, 6.07) is 7.43. The van der Waals surface area contributed by atoms with Gasteiger partial charge in [-0.2, -0.15) is 10.4 Å². The molecule has 0 spiro atoms. The number of rotatable bonds is 2. The number of carbonyl (C=O) groups is 1. The molecule has 0 saturated heterocycles. The zero-order valence-electron chi connectivity index (χ0n) is 12.4. The van der Waals surface area contributed by atoms with Gasteiger partial charge in [0.05, 0.1) is 11.9 Å². The number of carboxylic acids is 1. The van der Waals surface area contributed by atoms with Crippen LogP contribution in [-0.4, -0.2) is 25.7 Å². The van der Waals surface area contributed by atoms with E-state index in [1.807, 2.05) is 32.0 Å². The van der Waals surface area contributed by atoms with Crippen LogP contribution in [0.25, 0.3) is 16.8 Å². The smallest absolute Gasteiger partial charge is 0.357 e. The highest BCUT2D eigenvalue weighted by Gasteiger charge is 2.21. The highest BCUT2D eigenvalue weighted by Crippen LogP contribution is 2.20. The van der Waals surface area contributed by atoms with Crippen LogP contribution < -0.4 is 5.56 Å².